The third-order valence-corrected chi connectivity index (χ3v) is 7.56. The Morgan fingerprint density at radius 3 is 2.41 bits per heavy atom. The predicted octanol–water partition coefficient (Wildman–Crippen LogP) is 3.59. The highest BCUT2D eigenvalue weighted by Gasteiger charge is 2.26. The van der Waals surface area contributed by atoms with Crippen LogP contribution in [0.3, 0.4) is 0 Å². The topological polar surface area (TPSA) is 96.4 Å². The molecule has 0 spiro atoms. The van der Waals surface area contributed by atoms with E-state index in [2.05, 4.69) is 10.3 Å². The maximum Gasteiger partial charge on any atom is 0.257 e. The van der Waals surface area contributed by atoms with E-state index in [1.165, 1.54) is 29.4 Å². The van der Waals surface area contributed by atoms with Gasteiger partial charge >= 0.3 is 0 Å². The van der Waals surface area contributed by atoms with Crippen molar-refractivity contribution in [3.63, 3.8) is 0 Å². The minimum absolute atomic E-state index is 0.0439. The van der Waals surface area contributed by atoms with E-state index in [4.69, 9.17) is 11.6 Å². The number of nitrogens with one attached hydrogen (secondary N) is 1. The van der Waals surface area contributed by atoms with Crippen LogP contribution in [0.5, 0.6) is 0 Å². The fourth-order valence-corrected chi connectivity index (χ4v) is 5.31. The second-order valence-electron chi connectivity index (χ2n) is 5.68. The number of hydrogen-bond acceptors (Lipinski definition) is 6. The Morgan fingerprint density at radius 1 is 1.26 bits per heavy atom. The normalized spacial score (nSPS) is 11.6. The third-order valence-electron chi connectivity index (χ3n) is 3.85. The maximum atomic E-state index is 12.7. The van der Waals surface area contributed by atoms with Crippen LogP contribution < -0.4 is 5.32 Å². The number of aromatic nitrogens is 1. The predicted molar refractivity (Wildman–Crippen MR) is 106 cm³/mol. The molecule has 2 rings (SSSR count). The lowest BCUT2D eigenvalue weighted by Gasteiger charge is -2.19. The molecule has 0 aliphatic carbocycles. The number of carbonyl (C=O) groups is 2. The SMILES string of the molecule is CCN(CC)S(=O)(=O)c1cc(C(=O)Nc2nc(C)c(C(C)=O)s2)ccc1Cl. The first kappa shape index (κ1) is 21.5. The van der Waals surface area contributed by atoms with Gasteiger partial charge in [0.2, 0.25) is 10.0 Å². The monoisotopic (exact) mass is 429 g/mol. The third kappa shape index (κ3) is 4.55. The van der Waals surface area contributed by atoms with Crippen molar-refractivity contribution in [3.8, 4) is 0 Å². The van der Waals surface area contributed by atoms with E-state index >= 15 is 0 Å². The number of benzene rings is 1. The van der Waals surface area contributed by atoms with Crippen LogP contribution in [0.15, 0.2) is 23.1 Å². The van der Waals surface area contributed by atoms with Gasteiger partial charge in [0.1, 0.15) is 4.90 Å². The van der Waals surface area contributed by atoms with E-state index in [0.717, 1.165) is 11.3 Å². The molecule has 146 valence electrons. The summed E-state index contributed by atoms with van der Waals surface area (Å²) >= 11 is 7.15. The number of rotatable bonds is 7. The van der Waals surface area contributed by atoms with Crippen LogP contribution in [0.4, 0.5) is 5.13 Å². The van der Waals surface area contributed by atoms with Gasteiger partial charge in [-0.05, 0) is 25.1 Å². The fraction of sp³-hybridized carbons (Fsp3) is 0.353. The molecule has 0 atom stereocenters. The Bertz CT molecular complexity index is 982. The van der Waals surface area contributed by atoms with Gasteiger partial charge in [0, 0.05) is 25.6 Å². The second-order valence-corrected chi connectivity index (χ2v) is 8.99. The average Bonchev–Trinajstić information content (AvgIpc) is 2.96. The number of Topliss-reactive ketones (excluding diaryl/α,β-unsaturated/α-hetero) is 1. The van der Waals surface area contributed by atoms with Crippen molar-refractivity contribution in [2.75, 3.05) is 18.4 Å². The van der Waals surface area contributed by atoms with E-state index in [1.807, 2.05) is 0 Å². The first-order chi connectivity index (χ1) is 12.6. The van der Waals surface area contributed by atoms with Crippen LogP contribution in [-0.2, 0) is 10.0 Å². The van der Waals surface area contributed by atoms with Crippen molar-refractivity contribution >= 4 is 49.8 Å². The summed E-state index contributed by atoms with van der Waals surface area (Å²) in [5.74, 6) is -0.670. The van der Waals surface area contributed by atoms with Crippen LogP contribution >= 0.6 is 22.9 Å². The van der Waals surface area contributed by atoms with Gasteiger partial charge in [0.25, 0.3) is 5.91 Å². The van der Waals surface area contributed by atoms with E-state index in [-0.39, 0.29) is 39.5 Å². The number of thiazole rings is 1. The van der Waals surface area contributed by atoms with Gasteiger partial charge in [-0.25, -0.2) is 13.4 Å². The second kappa shape index (κ2) is 8.47. The molecule has 0 unspecified atom stereocenters. The molecule has 0 saturated heterocycles. The summed E-state index contributed by atoms with van der Waals surface area (Å²) in [6.07, 6.45) is 0. The molecule has 1 aromatic heterocycles. The zero-order chi connectivity index (χ0) is 20.4. The molecule has 0 radical (unpaired) electrons. The number of hydrogen-bond donors (Lipinski definition) is 1. The lowest BCUT2D eigenvalue weighted by molar-refractivity contribution is 0.101. The zero-order valence-corrected chi connectivity index (χ0v) is 17.8. The molecule has 27 heavy (non-hydrogen) atoms. The highest BCUT2D eigenvalue weighted by Crippen LogP contribution is 2.27. The summed E-state index contributed by atoms with van der Waals surface area (Å²) in [7, 11) is -3.81. The summed E-state index contributed by atoms with van der Waals surface area (Å²) < 4.78 is 26.7. The van der Waals surface area contributed by atoms with Crippen LogP contribution in [0.25, 0.3) is 0 Å². The minimum Gasteiger partial charge on any atom is -0.298 e. The van der Waals surface area contributed by atoms with Gasteiger partial charge in [-0.2, -0.15) is 4.31 Å². The highest BCUT2D eigenvalue weighted by molar-refractivity contribution is 7.89. The number of carbonyl (C=O) groups excluding carboxylic acids is 2. The smallest absolute Gasteiger partial charge is 0.257 e. The van der Waals surface area contributed by atoms with Crippen molar-refractivity contribution in [1.29, 1.82) is 0 Å². The van der Waals surface area contributed by atoms with E-state index in [1.54, 1.807) is 20.8 Å². The minimum atomic E-state index is -3.81. The molecular formula is C17H20ClN3O4S2. The quantitative estimate of drug-likeness (QED) is 0.678. The van der Waals surface area contributed by atoms with Gasteiger partial charge in [0.05, 0.1) is 15.6 Å². The largest absolute Gasteiger partial charge is 0.298 e. The van der Waals surface area contributed by atoms with Crippen LogP contribution in [0.2, 0.25) is 5.02 Å². The molecule has 0 aliphatic heterocycles. The van der Waals surface area contributed by atoms with Crippen molar-refractivity contribution in [3.05, 3.63) is 39.4 Å². The molecule has 0 bridgehead atoms. The van der Waals surface area contributed by atoms with Crippen molar-refractivity contribution in [1.82, 2.24) is 9.29 Å². The Morgan fingerprint density at radius 2 is 1.89 bits per heavy atom. The standard InChI is InChI=1S/C17H20ClN3O4S2/c1-5-21(6-2)27(24,25)14-9-12(7-8-13(14)18)16(23)20-17-19-10(3)15(26-17)11(4)22/h7-9H,5-6H2,1-4H3,(H,19,20,23). The lowest BCUT2D eigenvalue weighted by Crippen LogP contribution is -2.31. The molecular weight excluding hydrogens is 410 g/mol. The number of sulfonamides is 1. The molecule has 10 heteroatoms. The van der Waals surface area contributed by atoms with Gasteiger partial charge < -0.3 is 0 Å². The number of anilines is 1. The molecule has 2 aromatic rings. The Hall–Kier alpha value is -1.81. The average molecular weight is 430 g/mol. The number of aryl methyl sites for hydroxylation is 1. The summed E-state index contributed by atoms with van der Waals surface area (Å²) in [4.78, 5) is 28.5. The lowest BCUT2D eigenvalue weighted by atomic mass is 10.2. The zero-order valence-electron chi connectivity index (χ0n) is 15.4. The summed E-state index contributed by atoms with van der Waals surface area (Å²) in [5.41, 5.74) is 0.658. The Balaban J connectivity index is 2.36. The van der Waals surface area contributed by atoms with E-state index in [0.29, 0.717) is 10.6 Å². The van der Waals surface area contributed by atoms with Crippen LogP contribution in [0, 0.1) is 6.92 Å². The first-order valence-electron chi connectivity index (χ1n) is 8.21. The van der Waals surface area contributed by atoms with Gasteiger partial charge in [-0.1, -0.05) is 36.8 Å². The summed E-state index contributed by atoms with van der Waals surface area (Å²) in [6.45, 7) is 7.14. The molecule has 7 nitrogen and oxygen atoms in total. The van der Waals surface area contributed by atoms with Crippen molar-refractivity contribution < 1.29 is 18.0 Å². The Kier molecular flexibility index (Phi) is 6.74. The molecule has 1 aromatic carbocycles. The summed E-state index contributed by atoms with van der Waals surface area (Å²) in [5, 5.41) is 2.91. The summed E-state index contributed by atoms with van der Waals surface area (Å²) in [6, 6.07) is 4.06. The number of nitrogens with zero attached hydrogens (tertiary/aromatic N) is 2. The van der Waals surface area contributed by atoms with Crippen LogP contribution in [0.1, 0.15) is 46.5 Å². The Labute approximate surface area is 167 Å². The molecule has 0 saturated carbocycles. The van der Waals surface area contributed by atoms with Gasteiger partial charge in [-0.15, -0.1) is 0 Å². The highest BCUT2D eigenvalue weighted by atomic mass is 35.5. The first-order valence-corrected chi connectivity index (χ1v) is 10.8. The molecule has 1 N–H and O–H groups in total. The maximum absolute atomic E-state index is 12.7. The number of halogens is 1. The van der Waals surface area contributed by atoms with Crippen molar-refractivity contribution in [2.24, 2.45) is 0 Å². The van der Waals surface area contributed by atoms with Gasteiger partial charge in [0.15, 0.2) is 10.9 Å². The van der Waals surface area contributed by atoms with E-state index in [9.17, 15) is 18.0 Å². The van der Waals surface area contributed by atoms with Gasteiger partial charge in [-0.3, -0.25) is 14.9 Å². The number of ketones is 1. The van der Waals surface area contributed by atoms with Crippen LogP contribution in [-0.4, -0.2) is 42.5 Å². The van der Waals surface area contributed by atoms with Crippen molar-refractivity contribution in [2.45, 2.75) is 32.6 Å². The molecule has 0 fully saturated rings. The molecule has 1 amide bonds. The fourth-order valence-electron chi connectivity index (χ4n) is 2.49. The molecule has 0 aliphatic rings. The molecule has 1 heterocycles. The van der Waals surface area contributed by atoms with E-state index < -0.39 is 15.9 Å². The number of amides is 1.